The van der Waals surface area contributed by atoms with E-state index in [0.717, 1.165) is 18.5 Å². The van der Waals surface area contributed by atoms with Crippen molar-refractivity contribution in [2.24, 2.45) is 0 Å². The van der Waals surface area contributed by atoms with Gasteiger partial charge in [0.15, 0.2) is 0 Å². The summed E-state index contributed by atoms with van der Waals surface area (Å²) in [4.78, 5) is 16.3. The highest BCUT2D eigenvalue weighted by Gasteiger charge is 2.29. The van der Waals surface area contributed by atoms with Gasteiger partial charge in [-0.2, -0.15) is 0 Å². The Morgan fingerprint density at radius 3 is 2.75 bits per heavy atom. The molecule has 1 amide bonds. The summed E-state index contributed by atoms with van der Waals surface area (Å²) in [5.74, 6) is -0.229. The Morgan fingerprint density at radius 1 is 1.35 bits per heavy atom. The Hall–Kier alpha value is -1.43. The predicted octanol–water partition coefficient (Wildman–Crippen LogP) is 1.48. The number of sulfone groups is 1. The Morgan fingerprint density at radius 2 is 2.10 bits per heavy atom. The van der Waals surface area contributed by atoms with Crippen LogP contribution >= 0.6 is 0 Å². The first kappa shape index (κ1) is 15.0. The second kappa shape index (κ2) is 5.91. The minimum Gasteiger partial charge on any atom is -0.348 e. The van der Waals surface area contributed by atoms with E-state index in [-0.39, 0.29) is 17.2 Å². The molecule has 0 spiro atoms. The standard InChI is InChI=1S/C14H20N2O3S/c1-10-5-3-8-13(15-10)14(17)16-11-6-4-7-12(9-11)20(2,18)19/h3,5,8,11-12H,4,6-7,9H2,1-2H3,(H,16,17)/t11-,12+/m0/s1. The van der Waals surface area contributed by atoms with E-state index in [0.29, 0.717) is 18.5 Å². The third-order valence-electron chi connectivity index (χ3n) is 3.69. The van der Waals surface area contributed by atoms with Crippen LogP contribution in [-0.2, 0) is 9.84 Å². The molecule has 1 aromatic heterocycles. The smallest absolute Gasteiger partial charge is 0.270 e. The van der Waals surface area contributed by atoms with Crippen LogP contribution in [0.25, 0.3) is 0 Å². The van der Waals surface area contributed by atoms with Crippen LogP contribution in [0.15, 0.2) is 18.2 Å². The van der Waals surface area contributed by atoms with Crippen molar-refractivity contribution in [2.45, 2.75) is 43.9 Å². The Balaban J connectivity index is 2.01. The molecule has 0 saturated heterocycles. The SMILES string of the molecule is Cc1cccc(C(=O)N[C@H]2CCC[C@@H](S(C)(=O)=O)C2)n1. The van der Waals surface area contributed by atoms with Gasteiger partial charge in [-0.3, -0.25) is 4.79 Å². The fourth-order valence-corrected chi connectivity index (χ4v) is 3.77. The molecule has 1 aliphatic rings. The molecule has 1 N–H and O–H groups in total. The first-order valence-electron chi connectivity index (χ1n) is 6.79. The molecule has 0 aliphatic heterocycles. The average molecular weight is 296 g/mol. The summed E-state index contributed by atoms with van der Waals surface area (Å²) in [6.45, 7) is 1.83. The zero-order chi connectivity index (χ0) is 14.8. The van der Waals surface area contributed by atoms with Crippen molar-refractivity contribution in [2.75, 3.05) is 6.26 Å². The van der Waals surface area contributed by atoms with Gasteiger partial charge in [0.25, 0.3) is 5.91 Å². The molecule has 1 fully saturated rings. The van der Waals surface area contributed by atoms with Crippen LogP contribution in [-0.4, -0.2) is 36.9 Å². The van der Waals surface area contributed by atoms with E-state index in [4.69, 9.17) is 0 Å². The first-order valence-corrected chi connectivity index (χ1v) is 8.75. The quantitative estimate of drug-likeness (QED) is 0.916. The minimum atomic E-state index is -3.03. The van der Waals surface area contributed by atoms with Crippen LogP contribution in [0.4, 0.5) is 0 Å². The Labute approximate surface area is 119 Å². The van der Waals surface area contributed by atoms with Gasteiger partial charge in [-0.15, -0.1) is 0 Å². The number of nitrogens with zero attached hydrogens (tertiary/aromatic N) is 1. The van der Waals surface area contributed by atoms with Gasteiger partial charge >= 0.3 is 0 Å². The number of aromatic nitrogens is 1. The molecule has 1 saturated carbocycles. The molecular formula is C14H20N2O3S. The van der Waals surface area contributed by atoms with Crippen molar-refractivity contribution in [3.8, 4) is 0 Å². The molecule has 0 unspecified atom stereocenters. The molecule has 5 nitrogen and oxygen atoms in total. The number of amides is 1. The molecule has 2 rings (SSSR count). The average Bonchev–Trinajstić information content (AvgIpc) is 2.38. The molecule has 110 valence electrons. The Bertz CT molecular complexity index is 598. The molecule has 2 atom stereocenters. The van der Waals surface area contributed by atoms with E-state index in [1.165, 1.54) is 6.26 Å². The lowest BCUT2D eigenvalue weighted by Crippen LogP contribution is -2.42. The Kier molecular flexibility index (Phi) is 4.42. The van der Waals surface area contributed by atoms with E-state index in [1.54, 1.807) is 12.1 Å². The van der Waals surface area contributed by atoms with Gasteiger partial charge in [-0.05, 0) is 38.3 Å². The topological polar surface area (TPSA) is 76.1 Å². The van der Waals surface area contributed by atoms with Gasteiger partial charge in [0.05, 0.1) is 5.25 Å². The maximum Gasteiger partial charge on any atom is 0.270 e. The van der Waals surface area contributed by atoms with Crippen molar-refractivity contribution in [3.63, 3.8) is 0 Å². The van der Waals surface area contributed by atoms with E-state index < -0.39 is 9.84 Å². The fraction of sp³-hybridized carbons (Fsp3) is 0.571. The van der Waals surface area contributed by atoms with Gasteiger partial charge < -0.3 is 5.32 Å². The summed E-state index contributed by atoms with van der Waals surface area (Å²) in [7, 11) is -3.03. The largest absolute Gasteiger partial charge is 0.348 e. The first-order chi connectivity index (χ1) is 9.36. The summed E-state index contributed by atoms with van der Waals surface area (Å²) in [6, 6.07) is 5.20. The van der Waals surface area contributed by atoms with Crippen LogP contribution < -0.4 is 5.32 Å². The molecule has 0 radical (unpaired) electrons. The predicted molar refractivity (Wildman–Crippen MR) is 77.3 cm³/mol. The van der Waals surface area contributed by atoms with Gasteiger partial charge in [-0.25, -0.2) is 13.4 Å². The molecular weight excluding hydrogens is 276 g/mol. The number of rotatable bonds is 3. The van der Waals surface area contributed by atoms with Crippen LogP contribution in [0.1, 0.15) is 41.9 Å². The van der Waals surface area contributed by atoms with Gasteiger partial charge in [0.2, 0.25) is 0 Å². The van der Waals surface area contributed by atoms with Crippen LogP contribution in [0.2, 0.25) is 0 Å². The molecule has 6 heteroatoms. The lowest BCUT2D eigenvalue weighted by atomic mass is 9.95. The van der Waals surface area contributed by atoms with Crippen molar-refractivity contribution in [3.05, 3.63) is 29.6 Å². The van der Waals surface area contributed by atoms with Gasteiger partial charge in [0, 0.05) is 18.0 Å². The maximum absolute atomic E-state index is 12.1. The number of carbonyl (C=O) groups excluding carboxylic acids is 1. The summed E-state index contributed by atoms with van der Waals surface area (Å²) < 4.78 is 23.2. The van der Waals surface area contributed by atoms with E-state index in [2.05, 4.69) is 10.3 Å². The number of carbonyl (C=O) groups is 1. The summed E-state index contributed by atoms with van der Waals surface area (Å²) >= 11 is 0. The summed E-state index contributed by atoms with van der Waals surface area (Å²) in [5, 5.41) is 2.56. The van der Waals surface area contributed by atoms with Crippen molar-refractivity contribution < 1.29 is 13.2 Å². The van der Waals surface area contributed by atoms with Gasteiger partial charge in [-0.1, -0.05) is 12.5 Å². The minimum absolute atomic E-state index is 0.0849. The maximum atomic E-state index is 12.1. The van der Waals surface area contributed by atoms with Crippen molar-refractivity contribution >= 4 is 15.7 Å². The second-order valence-corrected chi connectivity index (χ2v) is 7.78. The number of aryl methyl sites for hydroxylation is 1. The third-order valence-corrected chi connectivity index (χ3v) is 5.33. The monoisotopic (exact) mass is 296 g/mol. The number of hydrogen-bond donors (Lipinski definition) is 1. The van der Waals surface area contributed by atoms with E-state index in [1.807, 2.05) is 13.0 Å². The van der Waals surface area contributed by atoms with E-state index in [9.17, 15) is 13.2 Å². The zero-order valence-corrected chi connectivity index (χ0v) is 12.6. The highest BCUT2D eigenvalue weighted by Crippen LogP contribution is 2.24. The van der Waals surface area contributed by atoms with Gasteiger partial charge in [0.1, 0.15) is 15.5 Å². The molecule has 20 heavy (non-hydrogen) atoms. The third kappa shape index (κ3) is 3.79. The van der Waals surface area contributed by atoms with Crippen LogP contribution in [0, 0.1) is 6.92 Å². The highest BCUT2D eigenvalue weighted by molar-refractivity contribution is 7.91. The lowest BCUT2D eigenvalue weighted by Gasteiger charge is -2.28. The number of pyridine rings is 1. The summed E-state index contributed by atoms with van der Waals surface area (Å²) in [6.07, 6.45) is 4.10. The van der Waals surface area contributed by atoms with Crippen LogP contribution in [0.3, 0.4) is 0 Å². The van der Waals surface area contributed by atoms with Crippen molar-refractivity contribution in [1.29, 1.82) is 0 Å². The highest BCUT2D eigenvalue weighted by atomic mass is 32.2. The van der Waals surface area contributed by atoms with E-state index >= 15 is 0 Å². The lowest BCUT2D eigenvalue weighted by molar-refractivity contribution is 0.0922. The summed E-state index contributed by atoms with van der Waals surface area (Å²) in [5.41, 5.74) is 1.17. The molecule has 0 aromatic carbocycles. The zero-order valence-electron chi connectivity index (χ0n) is 11.8. The number of hydrogen-bond acceptors (Lipinski definition) is 4. The molecule has 1 aromatic rings. The fourth-order valence-electron chi connectivity index (χ4n) is 2.59. The normalized spacial score (nSPS) is 23.3. The van der Waals surface area contributed by atoms with Crippen LogP contribution in [0.5, 0.6) is 0 Å². The molecule has 1 aliphatic carbocycles. The second-order valence-electron chi connectivity index (χ2n) is 5.45. The number of nitrogens with one attached hydrogen (secondary N) is 1. The molecule has 0 bridgehead atoms. The van der Waals surface area contributed by atoms with Crippen molar-refractivity contribution in [1.82, 2.24) is 10.3 Å². The molecule has 1 heterocycles.